The van der Waals surface area contributed by atoms with Crippen LogP contribution in [0.5, 0.6) is 0 Å². The summed E-state index contributed by atoms with van der Waals surface area (Å²) in [4.78, 5) is 25.8. The van der Waals surface area contributed by atoms with Crippen LogP contribution in [0.2, 0.25) is 0 Å². The number of amides is 2. The Labute approximate surface area is 220 Å². The van der Waals surface area contributed by atoms with Crippen LogP contribution in [-0.2, 0) is 5.67 Å². The van der Waals surface area contributed by atoms with E-state index in [1.165, 1.54) is 12.1 Å². The molecule has 0 radical (unpaired) electrons. The van der Waals surface area contributed by atoms with E-state index in [0.717, 1.165) is 18.7 Å². The zero-order chi connectivity index (χ0) is 27.5. The van der Waals surface area contributed by atoms with E-state index in [4.69, 9.17) is 0 Å². The third-order valence-corrected chi connectivity index (χ3v) is 6.81. The van der Waals surface area contributed by atoms with E-state index < -0.39 is 35.4 Å². The first-order valence-electron chi connectivity index (χ1n) is 10.4. The van der Waals surface area contributed by atoms with Crippen LogP contribution in [0.3, 0.4) is 0 Å². The molecule has 2 amide bonds. The van der Waals surface area contributed by atoms with E-state index in [9.17, 15) is 40.3 Å². The number of hydrogen-bond acceptors (Lipinski definition) is 3. The van der Waals surface area contributed by atoms with Gasteiger partial charge in [0.2, 0.25) is 0 Å². The van der Waals surface area contributed by atoms with Crippen molar-refractivity contribution < 1.29 is 40.3 Å². The van der Waals surface area contributed by atoms with Gasteiger partial charge in [0.25, 0.3) is 11.8 Å². The smallest absolute Gasteiger partial charge is 0.350 e. The SMILES string of the molecule is CSCCC(C)NC(=O)c1c(I)cccc1C(=O)Nc1ccc(C(F)(C(F)(F)F)C(F)(F)F)cc1C. The number of aryl methyl sites for hydroxylation is 1. The quantitative estimate of drug-likeness (QED) is 0.239. The minimum absolute atomic E-state index is 0.0506. The lowest BCUT2D eigenvalue weighted by Gasteiger charge is -2.30. The van der Waals surface area contributed by atoms with Crippen molar-refractivity contribution in [1.29, 1.82) is 0 Å². The van der Waals surface area contributed by atoms with Crippen molar-refractivity contribution in [2.75, 3.05) is 17.3 Å². The van der Waals surface area contributed by atoms with Gasteiger partial charge >= 0.3 is 18.0 Å². The number of carbonyl (C=O) groups is 2. The Balaban J connectivity index is 2.38. The van der Waals surface area contributed by atoms with Crippen LogP contribution in [0.1, 0.15) is 45.2 Å². The summed E-state index contributed by atoms with van der Waals surface area (Å²) in [5, 5.41) is 5.19. The number of carbonyl (C=O) groups excluding carboxylic acids is 2. The van der Waals surface area contributed by atoms with Crippen molar-refractivity contribution in [3.63, 3.8) is 0 Å². The summed E-state index contributed by atoms with van der Waals surface area (Å²) in [6, 6.07) is 5.76. The Kier molecular flexibility index (Phi) is 9.70. The number of benzene rings is 2. The fourth-order valence-corrected chi connectivity index (χ4v) is 4.64. The molecular weight excluding hydrogens is 628 g/mol. The van der Waals surface area contributed by atoms with Crippen molar-refractivity contribution >= 4 is 51.9 Å². The standard InChI is InChI=1S/C23H22F7IN2O2S/c1-12-11-14(21(24,22(25,26)27)23(28,29)30)7-8-17(12)33-19(34)15-5-4-6-16(31)18(15)20(35)32-13(2)9-10-36-3/h4-8,11,13H,9-10H2,1-3H3,(H,32,35)(H,33,34). The van der Waals surface area contributed by atoms with E-state index in [0.29, 0.717) is 22.1 Å². The molecular formula is C23H22F7IN2O2S. The highest BCUT2D eigenvalue weighted by Gasteiger charge is 2.73. The average molecular weight is 650 g/mol. The van der Waals surface area contributed by atoms with Gasteiger partial charge in [0, 0.05) is 20.9 Å². The molecule has 2 aromatic rings. The Morgan fingerprint density at radius 2 is 1.61 bits per heavy atom. The number of thioether (sulfide) groups is 1. The van der Waals surface area contributed by atoms with Crippen molar-refractivity contribution in [1.82, 2.24) is 5.32 Å². The number of alkyl halides is 7. The molecule has 0 saturated heterocycles. The molecule has 2 aromatic carbocycles. The third kappa shape index (κ3) is 6.45. The summed E-state index contributed by atoms with van der Waals surface area (Å²) in [5.74, 6) is -0.522. The molecule has 1 unspecified atom stereocenters. The van der Waals surface area contributed by atoms with Gasteiger partial charge in [-0.05, 0) is 78.6 Å². The van der Waals surface area contributed by atoms with Crippen molar-refractivity contribution in [3.8, 4) is 0 Å². The Bertz CT molecular complexity index is 1110. The molecule has 0 spiro atoms. The first-order valence-corrected chi connectivity index (χ1v) is 12.8. The zero-order valence-electron chi connectivity index (χ0n) is 19.2. The first-order chi connectivity index (χ1) is 16.5. The van der Waals surface area contributed by atoms with Gasteiger partial charge in [-0.3, -0.25) is 9.59 Å². The summed E-state index contributed by atoms with van der Waals surface area (Å²) in [6.45, 7) is 2.93. The van der Waals surface area contributed by atoms with Crippen LogP contribution in [0.4, 0.5) is 36.4 Å². The van der Waals surface area contributed by atoms with Gasteiger partial charge in [0.1, 0.15) is 0 Å². The molecule has 36 heavy (non-hydrogen) atoms. The van der Waals surface area contributed by atoms with Gasteiger partial charge in [-0.25, -0.2) is 4.39 Å². The van der Waals surface area contributed by atoms with Crippen molar-refractivity contribution in [2.45, 2.75) is 44.3 Å². The number of hydrogen-bond donors (Lipinski definition) is 2. The fraction of sp³-hybridized carbons (Fsp3) is 0.391. The third-order valence-electron chi connectivity index (χ3n) is 5.27. The molecule has 0 aliphatic heterocycles. The molecule has 0 fully saturated rings. The zero-order valence-corrected chi connectivity index (χ0v) is 22.2. The van der Waals surface area contributed by atoms with E-state index in [2.05, 4.69) is 10.6 Å². The predicted molar refractivity (Wildman–Crippen MR) is 133 cm³/mol. The van der Waals surface area contributed by atoms with Crippen LogP contribution in [-0.4, -0.2) is 42.2 Å². The highest BCUT2D eigenvalue weighted by molar-refractivity contribution is 14.1. The lowest BCUT2D eigenvalue weighted by Crippen LogP contribution is -2.50. The highest BCUT2D eigenvalue weighted by atomic mass is 127. The fourth-order valence-electron chi connectivity index (χ4n) is 3.30. The van der Waals surface area contributed by atoms with Gasteiger partial charge < -0.3 is 10.6 Å². The van der Waals surface area contributed by atoms with E-state index >= 15 is 0 Å². The van der Waals surface area contributed by atoms with Crippen molar-refractivity contribution in [2.24, 2.45) is 0 Å². The largest absolute Gasteiger partial charge is 0.435 e. The predicted octanol–water partition coefficient (Wildman–Crippen LogP) is 7.01. The molecule has 1 atom stereocenters. The molecule has 2 rings (SSSR count). The van der Waals surface area contributed by atoms with Gasteiger partial charge in [0.15, 0.2) is 0 Å². The average Bonchev–Trinajstić information content (AvgIpc) is 2.76. The monoisotopic (exact) mass is 650 g/mol. The molecule has 0 heterocycles. The van der Waals surface area contributed by atoms with E-state index in [1.807, 2.05) is 28.8 Å². The molecule has 13 heteroatoms. The minimum Gasteiger partial charge on any atom is -0.350 e. The van der Waals surface area contributed by atoms with Crippen LogP contribution >= 0.6 is 34.4 Å². The summed E-state index contributed by atoms with van der Waals surface area (Å²) in [7, 11) is 0. The summed E-state index contributed by atoms with van der Waals surface area (Å²) in [5.41, 5.74) is -7.61. The molecule has 0 bridgehead atoms. The maximum absolute atomic E-state index is 14.4. The van der Waals surface area contributed by atoms with Crippen LogP contribution < -0.4 is 10.6 Å². The Morgan fingerprint density at radius 1 is 1.00 bits per heavy atom. The summed E-state index contributed by atoms with van der Waals surface area (Å²) < 4.78 is 93.2. The number of rotatable bonds is 8. The van der Waals surface area contributed by atoms with Crippen LogP contribution in [0.15, 0.2) is 36.4 Å². The molecule has 4 nitrogen and oxygen atoms in total. The van der Waals surface area contributed by atoms with Gasteiger partial charge in [-0.2, -0.15) is 38.1 Å². The molecule has 2 N–H and O–H groups in total. The second kappa shape index (κ2) is 11.6. The second-order valence-electron chi connectivity index (χ2n) is 7.96. The normalized spacial score (nSPS) is 13.3. The molecule has 0 saturated carbocycles. The molecule has 0 aliphatic carbocycles. The lowest BCUT2D eigenvalue weighted by molar-refractivity contribution is -0.348. The molecule has 0 aliphatic rings. The molecule has 0 aromatic heterocycles. The van der Waals surface area contributed by atoms with Crippen molar-refractivity contribution in [3.05, 3.63) is 62.2 Å². The summed E-state index contributed by atoms with van der Waals surface area (Å²) >= 11 is 3.48. The minimum atomic E-state index is -6.25. The Morgan fingerprint density at radius 3 is 2.14 bits per heavy atom. The second-order valence-corrected chi connectivity index (χ2v) is 10.1. The Hall–Kier alpha value is -2.03. The topological polar surface area (TPSA) is 58.2 Å². The molecule has 198 valence electrons. The van der Waals surface area contributed by atoms with Gasteiger partial charge in [-0.15, -0.1) is 0 Å². The van der Waals surface area contributed by atoms with Crippen LogP contribution in [0, 0.1) is 10.5 Å². The summed E-state index contributed by atoms with van der Waals surface area (Å²) in [6.07, 6.45) is -9.89. The van der Waals surface area contributed by atoms with Gasteiger partial charge in [0.05, 0.1) is 11.1 Å². The van der Waals surface area contributed by atoms with E-state index in [1.54, 1.807) is 24.8 Å². The first kappa shape index (κ1) is 30.2. The van der Waals surface area contributed by atoms with Gasteiger partial charge in [-0.1, -0.05) is 18.2 Å². The van der Waals surface area contributed by atoms with E-state index in [-0.39, 0.29) is 28.4 Å². The number of halogens is 8. The lowest BCUT2D eigenvalue weighted by atomic mass is 9.92. The number of anilines is 1. The van der Waals surface area contributed by atoms with Crippen LogP contribution in [0.25, 0.3) is 0 Å². The maximum Gasteiger partial charge on any atom is 0.435 e. The highest BCUT2D eigenvalue weighted by Crippen LogP contribution is 2.53. The number of nitrogens with one attached hydrogen (secondary N) is 2. The maximum atomic E-state index is 14.4.